The van der Waals surface area contributed by atoms with Gasteiger partial charge in [-0.25, -0.2) is 0 Å². The Morgan fingerprint density at radius 1 is 1.25 bits per heavy atom. The molecule has 70 valence electrons. The number of carbonyl (C=O) groups is 2. The van der Waals surface area contributed by atoms with Crippen molar-refractivity contribution in [2.45, 2.75) is 25.9 Å². The van der Waals surface area contributed by atoms with Gasteiger partial charge < -0.3 is 9.47 Å². The lowest BCUT2D eigenvalue weighted by molar-refractivity contribution is -0.149. The Hall–Kier alpha value is -0.900. The van der Waals surface area contributed by atoms with Gasteiger partial charge in [0, 0.05) is 7.11 Å². The van der Waals surface area contributed by atoms with Gasteiger partial charge in [-0.15, -0.1) is 0 Å². The molecule has 0 aliphatic heterocycles. The Morgan fingerprint density at radius 3 is 2.08 bits per heavy atom. The van der Waals surface area contributed by atoms with Crippen molar-refractivity contribution in [2.24, 2.45) is 0 Å². The summed E-state index contributed by atoms with van der Waals surface area (Å²) in [4.78, 5) is 21.9. The highest BCUT2D eigenvalue weighted by molar-refractivity contribution is 5.99. The lowest BCUT2D eigenvalue weighted by Crippen LogP contribution is -2.35. The van der Waals surface area contributed by atoms with Crippen LogP contribution in [0.1, 0.15) is 20.3 Å². The molecule has 0 rings (SSSR count). The predicted octanol–water partition coefficient (Wildman–Crippen LogP) is 0.544. The van der Waals surface area contributed by atoms with Gasteiger partial charge in [-0.05, 0) is 13.8 Å². The van der Waals surface area contributed by atoms with Crippen molar-refractivity contribution in [3.63, 3.8) is 0 Å². The Balaban J connectivity index is 4.13. The van der Waals surface area contributed by atoms with Crippen molar-refractivity contribution in [1.82, 2.24) is 0 Å². The number of rotatable bonds is 4. The zero-order valence-electron chi connectivity index (χ0n) is 7.84. The van der Waals surface area contributed by atoms with E-state index in [0.717, 1.165) is 0 Å². The van der Waals surface area contributed by atoms with E-state index in [1.54, 1.807) is 13.8 Å². The van der Waals surface area contributed by atoms with E-state index >= 15 is 0 Å². The molecule has 0 radical (unpaired) electrons. The third-order valence-electron chi connectivity index (χ3n) is 1.71. The quantitative estimate of drug-likeness (QED) is 0.461. The zero-order valence-corrected chi connectivity index (χ0v) is 7.84. The molecule has 0 unspecified atom stereocenters. The van der Waals surface area contributed by atoms with Gasteiger partial charge in [0.1, 0.15) is 12.0 Å². The van der Waals surface area contributed by atoms with Crippen LogP contribution in [-0.4, -0.2) is 31.6 Å². The molecule has 0 saturated carbocycles. The van der Waals surface area contributed by atoms with Crippen molar-refractivity contribution >= 4 is 11.8 Å². The average molecular weight is 174 g/mol. The van der Waals surface area contributed by atoms with E-state index in [4.69, 9.17) is 4.74 Å². The minimum absolute atomic E-state index is 0.239. The fraction of sp³-hybridized carbons (Fsp3) is 0.750. The molecule has 0 N–H and O–H groups in total. The molecule has 0 amide bonds. The van der Waals surface area contributed by atoms with E-state index in [1.807, 2.05) is 0 Å². The second-order valence-corrected chi connectivity index (χ2v) is 2.89. The first-order valence-corrected chi connectivity index (χ1v) is 3.59. The monoisotopic (exact) mass is 174 g/mol. The summed E-state index contributed by atoms with van der Waals surface area (Å²) < 4.78 is 9.23. The summed E-state index contributed by atoms with van der Waals surface area (Å²) in [5.74, 6) is -0.818. The highest BCUT2D eigenvalue weighted by atomic mass is 16.5. The summed E-state index contributed by atoms with van der Waals surface area (Å²) in [7, 11) is 2.67. The van der Waals surface area contributed by atoms with Crippen LogP contribution in [0.15, 0.2) is 0 Å². The van der Waals surface area contributed by atoms with Gasteiger partial charge >= 0.3 is 5.97 Å². The molecule has 0 spiro atoms. The number of esters is 1. The first-order valence-electron chi connectivity index (χ1n) is 3.59. The number of carbonyl (C=O) groups excluding carboxylic acids is 2. The predicted molar refractivity (Wildman–Crippen MR) is 42.7 cm³/mol. The van der Waals surface area contributed by atoms with Crippen LogP contribution in [0.2, 0.25) is 0 Å². The molecule has 0 aliphatic carbocycles. The van der Waals surface area contributed by atoms with Crippen LogP contribution >= 0.6 is 0 Å². The van der Waals surface area contributed by atoms with Crippen molar-refractivity contribution in [3.8, 4) is 0 Å². The van der Waals surface area contributed by atoms with Gasteiger partial charge in [-0.3, -0.25) is 9.59 Å². The summed E-state index contributed by atoms with van der Waals surface area (Å²) in [6.45, 7) is 3.22. The van der Waals surface area contributed by atoms with Crippen LogP contribution in [0.5, 0.6) is 0 Å². The van der Waals surface area contributed by atoms with Gasteiger partial charge in [0.25, 0.3) is 0 Å². The van der Waals surface area contributed by atoms with Gasteiger partial charge in [0.05, 0.1) is 7.11 Å². The van der Waals surface area contributed by atoms with E-state index in [-0.39, 0.29) is 12.2 Å². The fourth-order valence-corrected chi connectivity index (χ4v) is 0.530. The molecule has 0 fully saturated rings. The molecule has 0 aromatic rings. The van der Waals surface area contributed by atoms with Crippen molar-refractivity contribution in [1.29, 1.82) is 0 Å². The molecular weight excluding hydrogens is 160 g/mol. The van der Waals surface area contributed by atoms with E-state index in [0.29, 0.717) is 0 Å². The van der Waals surface area contributed by atoms with E-state index in [1.165, 1.54) is 14.2 Å². The number of ketones is 1. The molecule has 12 heavy (non-hydrogen) atoms. The molecule has 4 nitrogen and oxygen atoms in total. The summed E-state index contributed by atoms with van der Waals surface area (Å²) in [6.07, 6.45) is -0.239. The largest absolute Gasteiger partial charge is 0.469 e. The van der Waals surface area contributed by atoms with Crippen molar-refractivity contribution < 1.29 is 19.1 Å². The minimum atomic E-state index is -0.909. The fourth-order valence-electron chi connectivity index (χ4n) is 0.530. The first-order chi connectivity index (χ1) is 5.44. The van der Waals surface area contributed by atoms with Gasteiger partial charge in [-0.2, -0.15) is 0 Å². The third-order valence-corrected chi connectivity index (χ3v) is 1.71. The van der Waals surface area contributed by atoms with Crippen LogP contribution in [0.25, 0.3) is 0 Å². The van der Waals surface area contributed by atoms with Gasteiger partial charge in [0.2, 0.25) is 0 Å². The molecule has 4 heteroatoms. The summed E-state index contributed by atoms with van der Waals surface area (Å²) in [6, 6.07) is 0. The number of ether oxygens (including phenoxy) is 2. The normalized spacial score (nSPS) is 11.0. The SMILES string of the molecule is COC(=O)CC(=O)C(C)(C)OC. The highest BCUT2D eigenvalue weighted by Gasteiger charge is 2.28. The maximum Gasteiger partial charge on any atom is 0.313 e. The Morgan fingerprint density at radius 2 is 1.75 bits per heavy atom. The van der Waals surface area contributed by atoms with Gasteiger partial charge in [0.15, 0.2) is 5.78 Å². The maximum absolute atomic E-state index is 11.2. The molecular formula is C8H14O4. The van der Waals surface area contributed by atoms with Crippen LogP contribution in [-0.2, 0) is 19.1 Å². The maximum atomic E-state index is 11.2. The molecule has 0 heterocycles. The van der Waals surface area contributed by atoms with Crippen molar-refractivity contribution in [3.05, 3.63) is 0 Å². The minimum Gasteiger partial charge on any atom is -0.469 e. The zero-order chi connectivity index (χ0) is 9.78. The number of methoxy groups -OCH3 is 2. The Bertz CT molecular complexity index is 183. The summed E-state index contributed by atoms with van der Waals surface area (Å²) in [5.41, 5.74) is -0.909. The van der Waals surface area contributed by atoms with E-state index in [2.05, 4.69) is 4.74 Å². The Labute approximate surface area is 71.8 Å². The molecule has 0 atom stereocenters. The van der Waals surface area contributed by atoms with E-state index < -0.39 is 11.6 Å². The number of hydrogen-bond acceptors (Lipinski definition) is 4. The smallest absolute Gasteiger partial charge is 0.313 e. The third kappa shape index (κ3) is 3.00. The molecule has 0 aromatic carbocycles. The molecule has 0 aliphatic rings. The van der Waals surface area contributed by atoms with Crippen LogP contribution in [0.3, 0.4) is 0 Å². The molecule has 0 aromatic heterocycles. The van der Waals surface area contributed by atoms with Crippen LogP contribution < -0.4 is 0 Å². The summed E-state index contributed by atoms with van der Waals surface area (Å²) in [5, 5.41) is 0. The summed E-state index contributed by atoms with van der Waals surface area (Å²) >= 11 is 0. The van der Waals surface area contributed by atoms with Crippen LogP contribution in [0, 0.1) is 0 Å². The Kier molecular flexibility index (Phi) is 3.89. The number of Topliss-reactive ketones (excluding diaryl/α,β-unsaturated/α-hetero) is 1. The second-order valence-electron chi connectivity index (χ2n) is 2.89. The lowest BCUT2D eigenvalue weighted by atomic mass is 10.0. The first kappa shape index (κ1) is 11.1. The van der Waals surface area contributed by atoms with Crippen molar-refractivity contribution in [2.75, 3.05) is 14.2 Å². The highest BCUT2D eigenvalue weighted by Crippen LogP contribution is 2.11. The molecule has 0 saturated heterocycles. The van der Waals surface area contributed by atoms with E-state index in [9.17, 15) is 9.59 Å². The second kappa shape index (κ2) is 4.21. The standard InChI is InChI=1S/C8H14O4/c1-8(2,12-4)6(9)5-7(10)11-3/h5H2,1-4H3. The van der Waals surface area contributed by atoms with Crippen LogP contribution in [0.4, 0.5) is 0 Å². The topological polar surface area (TPSA) is 52.6 Å². The number of hydrogen-bond donors (Lipinski definition) is 0. The average Bonchev–Trinajstić information content (AvgIpc) is 2.04. The van der Waals surface area contributed by atoms with Gasteiger partial charge in [-0.1, -0.05) is 0 Å². The molecule has 0 bridgehead atoms. The lowest BCUT2D eigenvalue weighted by Gasteiger charge is -2.20.